The average Bonchev–Trinajstić information content (AvgIpc) is 2.82. The van der Waals surface area contributed by atoms with Crippen LogP contribution in [-0.2, 0) is 16.0 Å². The molecule has 3 heterocycles. The molecule has 0 radical (unpaired) electrons. The highest BCUT2D eigenvalue weighted by Gasteiger charge is 2.46. The molecule has 2 unspecified atom stereocenters. The van der Waals surface area contributed by atoms with Crippen molar-refractivity contribution in [3.63, 3.8) is 0 Å². The number of pyridine rings is 1. The van der Waals surface area contributed by atoms with Crippen molar-refractivity contribution >= 4 is 11.9 Å². The first kappa shape index (κ1) is 17.9. The molecule has 2 fully saturated rings. The number of amides is 1. The van der Waals surface area contributed by atoms with E-state index in [0.29, 0.717) is 18.6 Å². The Morgan fingerprint density at radius 3 is 2.44 bits per heavy atom. The summed E-state index contributed by atoms with van der Waals surface area (Å²) in [6.07, 6.45) is 6.28. The van der Waals surface area contributed by atoms with E-state index in [-0.39, 0.29) is 24.1 Å². The second kappa shape index (κ2) is 7.14. The molecule has 136 valence electrons. The van der Waals surface area contributed by atoms with Crippen molar-refractivity contribution in [2.45, 2.75) is 77.0 Å². The molecule has 0 aromatic carbocycles. The summed E-state index contributed by atoms with van der Waals surface area (Å²) in [5.41, 5.74) is 0.483. The number of ketones is 1. The Bertz CT molecular complexity index is 610. The van der Waals surface area contributed by atoms with E-state index in [4.69, 9.17) is 4.74 Å². The predicted molar refractivity (Wildman–Crippen MR) is 95.2 cm³/mol. The summed E-state index contributed by atoms with van der Waals surface area (Å²) in [5.74, 6) is 0.381. The van der Waals surface area contributed by atoms with Gasteiger partial charge in [-0.15, -0.1) is 0 Å². The number of hydrogen-bond donors (Lipinski definition) is 0. The fourth-order valence-corrected chi connectivity index (χ4v) is 4.05. The first-order valence-electron chi connectivity index (χ1n) is 9.27. The topological polar surface area (TPSA) is 59.5 Å². The van der Waals surface area contributed by atoms with Crippen LogP contribution in [-0.4, -0.2) is 39.4 Å². The predicted octanol–water partition coefficient (Wildman–Crippen LogP) is 3.76. The van der Waals surface area contributed by atoms with Crippen LogP contribution >= 0.6 is 0 Å². The van der Waals surface area contributed by atoms with Gasteiger partial charge in [0.1, 0.15) is 11.4 Å². The summed E-state index contributed by atoms with van der Waals surface area (Å²) in [6.45, 7) is 5.67. The molecule has 2 bridgehead atoms. The zero-order valence-electron chi connectivity index (χ0n) is 15.4. The molecule has 1 aromatic rings. The summed E-state index contributed by atoms with van der Waals surface area (Å²) in [4.78, 5) is 31.3. The third-order valence-electron chi connectivity index (χ3n) is 5.15. The second-order valence-electron chi connectivity index (χ2n) is 8.23. The van der Waals surface area contributed by atoms with E-state index in [9.17, 15) is 9.59 Å². The number of carbonyl (C=O) groups excluding carboxylic acids is 2. The quantitative estimate of drug-likeness (QED) is 0.834. The van der Waals surface area contributed by atoms with Crippen molar-refractivity contribution in [2.24, 2.45) is 5.92 Å². The minimum atomic E-state index is -0.480. The number of carbonyl (C=O) groups is 2. The standard InChI is InChI=1S/C20H28N2O3/c1-20(2,3)25-19(24)22-16-8-9-17(22)13-14(12-16)18(23)10-7-15-6-4-5-11-21-15/h4-6,11,14,16-17H,7-10,12-13H2,1-3H3. The fourth-order valence-electron chi connectivity index (χ4n) is 4.05. The lowest BCUT2D eigenvalue weighted by Gasteiger charge is -2.39. The number of hydrogen-bond acceptors (Lipinski definition) is 4. The van der Waals surface area contributed by atoms with Crippen molar-refractivity contribution in [3.05, 3.63) is 30.1 Å². The van der Waals surface area contributed by atoms with E-state index < -0.39 is 5.60 Å². The number of aryl methyl sites for hydroxylation is 1. The maximum atomic E-state index is 12.6. The van der Waals surface area contributed by atoms with Crippen LogP contribution in [0.4, 0.5) is 4.79 Å². The lowest BCUT2D eigenvalue weighted by atomic mass is 9.85. The first-order valence-corrected chi connectivity index (χ1v) is 9.27. The Hall–Kier alpha value is -1.91. The number of aromatic nitrogens is 1. The molecule has 0 N–H and O–H groups in total. The van der Waals surface area contributed by atoms with Gasteiger partial charge in [-0.3, -0.25) is 9.78 Å². The molecule has 0 saturated carbocycles. The molecule has 1 aromatic heterocycles. The number of fused-ring (bicyclic) bond motifs is 2. The molecule has 5 nitrogen and oxygen atoms in total. The van der Waals surface area contributed by atoms with Crippen LogP contribution in [0.3, 0.4) is 0 Å². The third-order valence-corrected chi connectivity index (χ3v) is 5.15. The van der Waals surface area contributed by atoms with Crippen molar-refractivity contribution in [3.8, 4) is 0 Å². The van der Waals surface area contributed by atoms with E-state index in [1.807, 2.05) is 43.9 Å². The number of piperidine rings is 1. The maximum absolute atomic E-state index is 12.6. The van der Waals surface area contributed by atoms with Crippen molar-refractivity contribution in [1.29, 1.82) is 0 Å². The molecular weight excluding hydrogens is 316 g/mol. The Morgan fingerprint density at radius 2 is 1.88 bits per heavy atom. The molecule has 3 rings (SSSR count). The minimum absolute atomic E-state index is 0.0694. The lowest BCUT2D eigenvalue weighted by molar-refractivity contribution is -0.125. The van der Waals surface area contributed by atoms with E-state index >= 15 is 0 Å². The first-order chi connectivity index (χ1) is 11.8. The van der Waals surface area contributed by atoms with E-state index in [2.05, 4.69) is 4.98 Å². The van der Waals surface area contributed by atoms with Crippen LogP contribution < -0.4 is 0 Å². The highest BCUT2D eigenvalue weighted by molar-refractivity contribution is 5.82. The Morgan fingerprint density at radius 1 is 1.20 bits per heavy atom. The number of ether oxygens (including phenoxy) is 1. The molecule has 2 saturated heterocycles. The van der Waals surface area contributed by atoms with Crippen LogP contribution in [0.25, 0.3) is 0 Å². The third kappa shape index (κ3) is 4.39. The van der Waals surface area contributed by atoms with E-state index in [1.54, 1.807) is 6.20 Å². The van der Waals surface area contributed by atoms with Crippen molar-refractivity contribution in [2.75, 3.05) is 0 Å². The molecule has 0 spiro atoms. The smallest absolute Gasteiger partial charge is 0.410 e. The van der Waals surface area contributed by atoms with Gasteiger partial charge in [-0.1, -0.05) is 6.07 Å². The Balaban J connectivity index is 1.56. The molecule has 2 aliphatic rings. The maximum Gasteiger partial charge on any atom is 0.410 e. The molecule has 0 aliphatic carbocycles. The van der Waals surface area contributed by atoms with Crippen LogP contribution in [0, 0.1) is 5.92 Å². The summed E-state index contributed by atoms with van der Waals surface area (Å²) >= 11 is 0. The molecule has 25 heavy (non-hydrogen) atoms. The average molecular weight is 344 g/mol. The van der Waals surface area contributed by atoms with Crippen LogP contribution in [0.5, 0.6) is 0 Å². The molecule has 5 heteroatoms. The van der Waals surface area contributed by atoms with Gasteiger partial charge in [0.15, 0.2) is 0 Å². The van der Waals surface area contributed by atoms with Crippen molar-refractivity contribution < 1.29 is 14.3 Å². The zero-order valence-corrected chi connectivity index (χ0v) is 15.4. The minimum Gasteiger partial charge on any atom is -0.444 e. The van der Waals surface area contributed by atoms with Gasteiger partial charge in [0.05, 0.1) is 0 Å². The van der Waals surface area contributed by atoms with Gasteiger partial charge >= 0.3 is 6.09 Å². The summed E-state index contributed by atoms with van der Waals surface area (Å²) in [6, 6.07) is 6.10. The second-order valence-corrected chi connectivity index (χ2v) is 8.23. The van der Waals surface area contributed by atoms with Gasteiger partial charge in [-0.25, -0.2) is 4.79 Å². The van der Waals surface area contributed by atoms with Gasteiger partial charge in [0.25, 0.3) is 0 Å². The van der Waals surface area contributed by atoms with E-state index in [1.165, 1.54) is 0 Å². The van der Waals surface area contributed by atoms with Crippen LogP contribution in [0.2, 0.25) is 0 Å². The molecule has 2 atom stereocenters. The zero-order chi connectivity index (χ0) is 18.0. The summed E-state index contributed by atoms with van der Waals surface area (Å²) in [5, 5.41) is 0. The van der Waals surface area contributed by atoms with Gasteiger partial charge in [-0.05, 0) is 65.0 Å². The highest BCUT2D eigenvalue weighted by atomic mass is 16.6. The Labute approximate surface area is 149 Å². The van der Waals surface area contributed by atoms with Crippen molar-refractivity contribution in [1.82, 2.24) is 9.88 Å². The normalized spacial score (nSPS) is 25.7. The molecule has 1 amide bonds. The molecular formula is C20H28N2O3. The van der Waals surface area contributed by atoms with Crippen LogP contribution in [0.1, 0.15) is 58.6 Å². The summed E-state index contributed by atoms with van der Waals surface area (Å²) < 4.78 is 5.55. The van der Waals surface area contributed by atoms with Crippen LogP contribution in [0.15, 0.2) is 24.4 Å². The highest BCUT2D eigenvalue weighted by Crippen LogP contribution is 2.40. The Kier molecular flexibility index (Phi) is 5.11. The lowest BCUT2D eigenvalue weighted by Crippen LogP contribution is -2.49. The summed E-state index contributed by atoms with van der Waals surface area (Å²) in [7, 11) is 0. The fraction of sp³-hybridized carbons (Fsp3) is 0.650. The molecule has 2 aliphatic heterocycles. The van der Waals surface area contributed by atoms with Gasteiger partial charge in [-0.2, -0.15) is 0 Å². The monoisotopic (exact) mass is 344 g/mol. The van der Waals surface area contributed by atoms with E-state index in [0.717, 1.165) is 31.4 Å². The van der Waals surface area contributed by atoms with Gasteiger partial charge in [0.2, 0.25) is 0 Å². The SMILES string of the molecule is CC(C)(C)OC(=O)N1C2CCC1CC(C(=O)CCc1ccccn1)C2. The number of rotatable bonds is 4. The largest absolute Gasteiger partial charge is 0.444 e. The number of Topliss-reactive ketones (excluding diaryl/α,β-unsaturated/α-hetero) is 1. The number of nitrogens with zero attached hydrogens (tertiary/aromatic N) is 2. The van der Waals surface area contributed by atoms with Gasteiger partial charge < -0.3 is 9.64 Å². The van der Waals surface area contributed by atoms with Gasteiger partial charge in [0, 0.05) is 36.3 Å².